The summed E-state index contributed by atoms with van der Waals surface area (Å²) in [4.78, 5) is 14.5. The first-order chi connectivity index (χ1) is 12.6. The van der Waals surface area contributed by atoms with Crippen LogP contribution in [-0.2, 0) is 20.2 Å². The van der Waals surface area contributed by atoms with Crippen LogP contribution in [0.1, 0.15) is 39.2 Å². The van der Waals surface area contributed by atoms with Gasteiger partial charge in [0.2, 0.25) is 15.9 Å². The Balaban J connectivity index is 0.00000392. The molecule has 0 radical (unpaired) electrons. The van der Waals surface area contributed by atoms with Crippen molar-refractivity contribution in [1.82, 2.24) is 14.5 Å². The average Bonchev–Trinajstić information content (AvgIpc) is 2.65. The quantitative estimate of drug-likeness (QED) is 0.751. The molecule has 6 nitrogen and oxygen atoms in total. The van der Waals surface area contributed by atoms with Crippen LogP contribution in [0.25, 0.3) is 0 Å². The third-order valence-electron chi connectivity index (χ3n) is 5.23. The molecule has 1 aromatic rings. The van der Waals surface area contributed by atoms with Crippen molar-refractivity contribution in [2.75, 3.05) is 40.3 Å². The zero-order valence-corrected chi connectivity index (χ0v) is 19.2. The molecule has 0 aromatic heterocycles. The molecule has 8 heteroatoms. The zero-order valence-electron chi connectivity index (χ0n) is 17.6. The van der Waals surface area contributed by atoms with Crippen molar-refractivity contribution in [2.24, 2.45) is 5.92 Å². The lowest BCUT2D eigenvalue weighted by Gasteiger charge is -2.32. The Labute approximate surface area is 176 Å². The maximum Gasteiger partial charge on any atom is 0.243 e. The van der Waals surface area contributed by atoms with Crippen molar-refractivity contribution in [3.8, 4) is 0 Å². The van der Waals surface area contributed by atoms with Crippen molar-refractivity contribution in [3.05, 3.63) is 29.8 Å². The van der Waals surface area contributed by atoms with Crippen molar-refractivity contribution in [3.63, 3.8) is 0 Å². The molecule has 0 aliphatic carbocycles. The predicted molar refractivity (Wildman–Crippen MR) is 115 cm³/mol. The lowest BCUT2D eigenvalue weighted by molar-refractivity contribution is -0.135. The van der Waals surface area contributed by atoms with E-state index >= 15 is 0 Å². The number of nitrogens with one attached hydrogen (secondary N) is 1. The monoisotopic (exact) mass is 431 g/mol. The molecule has 0 saturated carbocycles. The second-order valence-electron chi connectivity index (χ2n) is 8.32. The van der Waals surface area contributed by atoms with Gasteiger partial charge in [-0.1, -0.05) is 32.9 Å². The van der Waals surface area contributed by atoms with E-state index in [4.69, 9.17) is 0 Å². The lowest BCUT2D eigenvalue weighted by Crippen LogP contribution is -2.44. The first-order valence-electron chi connectivity index (χ1n) is 9.57. The maximum absolute atomic E-state index is 12.9. The molecule has 1 aliphatic rings. The summed E-state index contributed by atoms with van der Waals surface area (Å²) in [5.41, 5.74) is 1.09. The van der Waals surface area contributed by atoms with Crippen LogP contribution in [-0.4, -0.2) is 63.8 Å². The van der Waals surface area contributed by atoms with E-state index in [1.807, 2.05) is 19.2 Å². The highest BCUT2D eigenvalue weighted by atomic mass is 35.5. The molecule has 1 fully saturated rings. The van der Waals surface area contributed by atoms with Gasteiger partial charge in [0, 0.05) is 39.1 Å². The van der Waals surface area contributed by atoms with E-state index in [1.165, 1.54) is 4.31 Å². The number of nitrogens with zero attached hydrogens (tertiary/aromatic N) is 2. The average molecular weight is 432 g/mol. The second-order valence-corrected chi connectivity index (χ2v) is 10.3. The van der Waals surface area contributed by atoms with E-state index in [2.05, 4.69) is 26.1 Å². The van der Waals surface area contributed by atoms with E-state index in [0.29, 0.717) is 37.4 Å². The van der Waals surface area contributed by atoms with Gasteiger partial charge >= 0.3 is 0 Å². The fraction of sp³-hybridized carbons (Fsp3) is 0.650. The van der Waals surface area contributed by atoms with Crippen molar-refractivity contribution in [2.45, 2.75) is 43.9 Å². The lowest BCUT2D eigenvalue weighted by atomic mass is 9.87. The number of hydrogen-bond donors (Lipinski definition) is 1. The highest BCUT2D eigenvalue weighted by Crippen LogP contribution is 2.27. The fourth-order valence-corrected chi connectivity index (χ4v) is 4.79. The summed E-state index contributed by atoms with van der Waals surface area (Å²) >= 11 is 0. The topological polar surface area (TPSA) is 69.7 Å². The molecule has 0 atom stereocenters. The number of hydrogen-bond acceptors (Lipinski definition) is 4. The number of likely N-dealkylation sites (N-methyl/N-ethyl adjacent to an activating group) is 2. The van der Waals surface area contributed by atoms with Crippen LogP contribution in [0.5, 0.6) is 0 Å². The molecular formula is C20H34ClN3O3S. The number of carbonyl (C=O) groups excluding carboxylic acids is 1. The molecule has 1 saturated heterocycles. The van der Waals surface area contributed by atoms with Gasteiger partial charge in [0.05, 0.1) is 4.90 Å². The molecular weight excluding hydrogens is 398 g/mol. The number of rotatable bonds is 6. The molecule has 0 unspecified atom stereocenters. The van der Waals surface area contributed by atoms with Gasteiger partial charge in [-0.15, -0.1) is 12.4 Å². The Kier molecular flexibility index (Phi) is 8.93. The molecule has 28 heavy (non-hydrogen) atoms. The molecule has 1 amide bonds. The van der Waals surface area contributed by atoms with E-state index in [-0.39, 0.29) is 29.6 Å². The van der Waals surface area contributed by atoms with Crippen molar-refractivity contribution in [1.29, 1.82) is 0 Å². The highest BCUT2D eigenvalue weighted by Gasteiger charge is 2.33. The molecule has 0 bridgehead atoms. The molecule has 1 heterocycles. The van der Waals surface area contributed by atoms with Gasteiger partial charge in [-0.2, -0.15) is 4.31 Å². The SMILES string of the molecule is CNCCN(C)C(=O)C1CCN(S(=O)(=O)c2ccc(C(C)(C)C)cc2)CC1.Cl. The number of piperidine rings is 1. The Hall–Kier alpha value is -1.15. The number of carbonyl (C=O) groups is 1. The summed E-state index contributed by atoms with van der Waals surface area (Å²) in [5, 5.41) is 3.03. The maximum atomic E-state index is 12.9. The smallest absolute Gasteiger partial charge is 0.243 e. The fourth-order valence-electron chi connectivity index (χ4n) is 3.32. The Morgan fingerprint density at radius 1 is 1.18 bits per heavy atom. The molecule has 1 aliphatic heterocycles. The number of halogens is 1. The Morgan fingerprint density at radius 2 is 1.71 bits per heavy atom. The van der Waals surface area contributed by atoms with Gasteiger partial charge in [-0.25, -0.2) is 8.42 Å². The van der Waals surface area contributed by atoms with Gasteiger partial charge in [-0.3, -0.25) is 4.79 Å². The number of benzene rings is 1. The van der Waals surface area contributed by atoms with Gasteiger partial charge in [0.1, 0.15) is 0 Å². The van der Waals surface area contributed by atoms with E-state index in [0.717, 1.165) is 12.1 Å². The van der Waals surface area contributed by atoms with Crippen LogP contribution in [0.15, 0.2) is 29.2 Å². The van der Waals surface area contributed by atoms with Crippen molar-refractivity contribution >= 4 is 28.3 Å². The molecule has 160 valence electrons. The summed E-state index contributed by atoms with van der Waals surface area (Å²) in [7, 11) is 0.153. The van der Waals surface area contributed by atoms with Crippen LogP contribution >= 0.6 is 12.4 Å². The molecule has 0 spiro atoms. The van der Waals surface area contributed by atoms with Gasteiger partial charge in [0.15, 0.2) is 0 Å². The third kappa shape index (κ3) is 5.92. The summed E-state index contributed by atoms with van der Waals surface area (Å²) in [5.74, 6) is 0.0124. The number of sulfonamides is 1. The number of amides is 1. The summed E-state index contributed by atoms with van der Waals surface area (Å²) in [6, 6.07) is 7.16. The van der Waals surface area contributed by atoms with Crippen LogP contribution in [0, 0.1) is 5.92 Å². The van der Waals surface area contributed by atoms with E-state index in [9.17, 15) is 13.2 Å². The Bertz CT molecular complexity index is 737. The molecule has 2 rings (SSSR count). The molecule has 1 aromatic carbocycles. The van der Waals surface area contributed by atoms with Crippen molar-refractivity contribution < 1.29 is 13.2 Å². The summed E-state index contributed by atoms with van der Waals surface area (Å²) < 4.78 is 27.4. The first kappa shape index (κ1) is 24.9. The minimum Gasteiger partial charge on any atom is -0.344 e. The zero-order chi connectivity index (χ0) is 20.2. The highest BCUT2D eigenvalue weighted by molar-refractivity contribution is 7.89. The van der Waals surface area contributed by atoms with Gasteiger partial charge in [-0.05, 0) is 43.0 Å². The third-order valence-corrected chi connectivity index (χ3v) is 7.15. The standard InChI is InChI=1S/C20H33N3O3S.ClH/c1-20(2,3)17-6-8-18(9-7-17)27(25,26)23-13-10-16(11-14-23)19(24)22(5)15-12-21-4;/h6-9,16,21H,10-15H2,1-5H3;1H. The normalized spacial score (nSPS) is 16.5. The minimum atomic E-state index is -3.51. The van der Waals surface area contributed by atoms with Crippen LogP contribution in [0.2, 0.25) is 0 Å². The van der Waals surface area contributed by atoms with E-state index < -0.39 is 10.0 Å². The molecule has 1 N–H and O–H groups in total. The first-order valence-corrected chi connectivity index (χ1v) is 11.0. The summed E-state index contributed by atoms with van der Waals surface area (Å²) in [6.45, 7) is 8.50. The van der Waals surface area contributed by atoms with E-state index in [1.54, 1.807) is 24.1 Å². The van der Waals surface area contributed by atoms with Crippen LogP contribution in [0.3, 0.4) is 0 Å². The largest absolute Gasteiger partial charge is 0.344 e. The Morgan fingerprint density at radius 3 is 2.18 bits per heavy atom. The van der Waals surface area contributed by atoms with Gasteiger partial charge in [0.25, 0.3) is 0 Å². The van der Waals surface area contributed by atoms with Crippen LogP contribution < -0.4 is 5.32 Å². The minimum absolute atomic E-state index is 0. The predicted octanol–water partition coefficient (Wildman–Crippen LogP) is 2.48. The van der Waals surface area contributed by atoms with Crippen LogP contribution in [0.4, 0.5) is 0 Å². The summed E-state index contributed by atoms with van der Waals surface area (Å²) in [6.07, 6.45) is 1.14. The van der Waals surface area contributed by atoms with Gasteiger partial charge < -0.3 is 10.2 Å². The second kappa shape index (κ2) is 10.1.